The molecule has 0 aliphatic rings. The van der Waals surface area contributed by atoms with E-state index in [1.165, 1.54) is 0 Å². The van der Waals surface area contributed by atoms with Gasteiger partial charge in [0.2, 0.25) is 5.91 Å². The van der Waals surface area contributed by atoms with Crippen LogP contribution in [0.2, 0.25) is 0 Å². The largest absolute Gasteiger partial charge is 0.368 e. The summed E-state index contributed by atoms with van der Waals surface area (Å²) in [4.78, 5) is 10.3. The van der Waals surface area contributed by atoms with Crippen molar-refractivity contribution in [3.63, 3.8) is 0 Å². The number of hydrogen-bond acceptors (Lipinski definition) is 3. The highest BCUT2D eigenvalue weighted by atomic mass is 19.3. The standard InChI is InChI=1S/C6H11F4N3O/c7-5(8)6(9,10)2-13-1-3(11)4(12)14/h3,5,13H,1-2,11H2,(H2,12,14). The van der Waals surface area contributed by atoms with Crippen molar-refractivity contribution in [2.75, 3.05) is 13.1 Å². The average Bonchev–Trinajstić information content (AvgIpc) is 2.03. The monoisotopic (exact) mass is 217 g/mol. The molecular weight excluding hydrogens is 206 g/mol. The molecular formula is C6H11F4N3O. The Kier molecular flexibility index (Phi) is 4.78. The Labute approximate surface area is 77.6 Å². The second kappa shape index (κ2) is 5.11. The molecule has 0 aromatic rings. The van der Waals surface area contributed by atoms with Crippen LogP contribution >= 0.6 is 0 Å². The third-order valence-electron chi connectivity index (χ3n) is 1.41. The highest BCUT2D eigenvalue weighted by Crippen LogP contribution is 2.21. The van der Waals surface area contributed by atoms with Crippen LogP contribution < -0.4 is 16.8 Å². The van der Waals surface area contributed by atoms with Crippen LogP contribution in [0.4, 0.5) is 17.6 Å². The fourth-order valence-electron chi connectivity index (χ4n) is 0.572. The summed E-state index contributed by atoms with van der Waals surface area (Å²) in [7, 11) is 0. The Morgan fingerprint density at radius 1 is 1.43 bits per heavy atom. The molecule has 0 aromatic heterocycles. The van der Waals surface area contributed by atoms with Gasteiger partial charge in [-0.3, -0.25) is 4.79 Å². The molecule has 0 spiro atoms. The summed E-state index contributed by atoms with van der Waals surface area (Å²) >= 11 is 0. The molecule has 4 nitrogen and oxygen atoms in total. The van der Waals surface area contributed by atoms with Crippen molar-refractivity contribution in [3.8, 4) is 0 Å². The Hall–Kier alpha value is -0.890. The Bertz CT molecular complexity index is 200. The highest BCUT2D eigenvalue weighted by Gasteiger charge is 2.40. The van der Waals surface area contributed by atoms with Gasteiger partial charge in [-0.25, -0.2) is 8.78 Å². The summed E-state index contributed by atoms with van der Waals surface area (Å²) in [6.07, 6.45) is -3.75. The summed E-state index contributed by atoms with van der Waals surface area (Å²) < 4.78 is 47.6. The first-order valence-electron chi connectivity index (χ1n) is 3.69. The van der Waals surface area contributed by atoms with Crippen LogP contribution in [0.3, 0.4) is 0 Å². The lowest BCUT2D eigenvalue weighted by atomic mass is 10.3. The number of nitrogens with one attached hydrogen (secondary N) is 1. The normalized spacial score (nSPS) is 14.4. The van der Waals surface area contributed by atoms with Crippen LogP contribution in [-0.2, 0) is 4.79 Å². The molecule has 84 valence electrons. The van der Waals surface area contributed by atoms with Crippen molar-refractivity contribution in [2.24, 2.45) is 11.5 Å². The van der Waals surface area contributed by atoms with Crippen LogP contribution in [-0.4, -0.2) is 37.4 Å². The summed E-state index contributed by atoms with van der Waals surface area (Å²) in [6, 6.07) is -1.16. The SMILES string of the molecule is NC(=O)C(N)CNCC(F)(F)C(F)F. The summed E-state index contributed by atoms with van der Waals surface area (Å²) in [5.74, 6) is -5.02. The van der Waals surface area contributed by atoms with Crippen molar-refractivity contribution in [3.05, 3.63) is 0 Å². The number of hydrogen-bond donors (Lipinski definition) is 3. The van der Waals surface area contributed by atoms with Crippen LogP contribution in [0.5, 0.6) is 0 Å². The molecule has 5 N–H and O–H groups in total. The van der Waals surface area contributed by atoms with E-state index < -0.39 is 30.8 Å². The van der Waals surface area contributed by atoms with E-state index in [9.17, 15) is 22.4 Å². The van der Waals surface area contributed by atoms with Crippen LogP contribution in [0.1, 0.15) is 0 Å². The van der Waals surface area contributed by atoms with Crippen molar-refractivity contribution in [2.45, 2.75) is 18.4 Å². The number of amides is 1. The second-order valence-corrected chi connectivity index (χ2v) is 2.70. The van der Waals surface area contributed by atoms with Crippen LogP contribution in [0.25, 0.3) is 0 Å². The molecule has 0 bridgehead atoms. The van der Waals surface area contributed by atoms with Crippen molar-refractivity contribution < 1.29 is 22.4 Å². The van der Waals surface area contributed by atoms with E-state index in [1.54, 1.807) is 0 Å². The first-order chi connectivity index (χ1) is 6.27. The smallest absolute Gasteiger partial charge is 0.319 e. The minimum absolute atomic E-state index is 0.363. The third-order valence-corrected chi connectivity index (χ3v) is 1.41. The van der Waals surface area contributed by atoms with Gasteiger partial charge in [0.25, 0.3) is 0 Å². The van der Waals surface area contributed by atoms with Crippen LogP contribution in [0, 0.1) is 0 Å². The molecule has 0 fully saturated rings. The molecule has 14 heavy (non-hydrogen) atoms. The van der Waals surface area contributed by atoms with Gasteiger partial charge in [-0.2, -0.15) is 8.78 Å². The molecule has 0 saturated carbocycles. The lowest BCUT2D eigenvalue weighted by Crippen LogP contribution is -2.48. The maximum Gasteiger partial charge on any atom is 0.319 e. The van der Waals surface area contributed by atoms with E-state index >= 15 is 0 Å². The number of rotatable bonds is 6. The zero-order valence-corrected chi connectivity index (χ0v) is 7.14. The summed E-state index contributed by atoms with van der Waals surface area (Å²) in [5, 5.41) is 1.93. The molecule has 0 aliphatic carbocycles. The molecule has 8 heteroatoms. The first kappa shape index (κ1) is 13.1. The van der Waals surface area contributed by atoms with Crippen molar-refractivity contribution in [1.82, 2.24) is 5.32 Å². The molecule has 0 aliphatic heterocycles. The second-order valence-electron chi connectivity index (χ2n) is 2.70. The number of halogens is 4. The number of alkyl halides is 4. The van der Waals surface area contributed by atoms with Gasteiger partial charge < -0.3 is 16.8 Å². The Morgan fingerprint density at radius 2 is 1.93 bits per heavy atom. The molecule has 0 aromatic carbocycles. The van der Waals surface area contributed by atoms with Gasteiger partial charge >= 0.3 is 12.3 Å². The molecule has 0 saturated heterocycles. The van der Waals surface area contributed by atoms with Gasteiger partial charge in [0.15, 0.2) is 0 Å². The van der Waals surface area contributed by atoms with Gasteiger partial charge in [-0.1, -0.05) is 0 Å². The fraction of sp³-hybridized carbons (Fsp3) is 0.833. The molecule has 0 radical (unpaired) electrons. The average molecular weight is 217 g/mol. The van der Waals surface area contributed by atoms with E-state index in [2.05, 4.69) is 0 Å². The molecule has 1 amide bonds. The van der Waals surface area contributed by atoms with Crippen LogP contribution in [0.15, 0.2) is 0 Å². The number of carbonyl (C=O) groups excluding carboxylic acids is 1. The highest BCUT2D eigenvalue weighted by molar-refractivity contribution is 5.79. The van der Waals surface area contributed by atoms with Gasteiger partial charge in [0.1, 0.15) is 0 Å². The number of nitrogens with two attached hydrogens (primary N) is 2. The van der Waals surface area contributed by atoms with Gasteiger partial charge in [0.05, 0.1) is 12.6 Å². The molecule has 0 heterocycles. The quantitative estimate of drug-likeness (QED) is 0.514. The third kappa shape index (κ3) is 4.38. The zero-order valence-electron chi connectivity index (χ0n) is 7.14. The van der Waals surface area contributed by atoms with Crippen molar-refractivity contribution >= 4 is 5.91 Å². The van der Waals surface area contributed by atoms with E-state index in [0.29, 0.717) is 0 Å². The molecule has 1 atom stereocenters. The van der Waals surface area contributed by atoms with Gasteiger partial charge in [-0.15, -0.1) is 0 Å². The van der Waals surface area contributed by atoms with Gasteiger partial charge in [-0.05, 0) is 0 Å². The van der Waals surface area contributed by atoms with E-state index in [4.69, 9.17) is 11.5 Å². The van der Waals surface area contributed by atoms with Crippen molar-refractivity contribution in [1.29, 1.82) is 0 Å². The number of carbonyl (C=O) groups is 1. The lowest BCUT2D eigenvalue weighted by Gasteiger charge is -2.16. The van der Waals surface area contributed by atoms with E-state index in [-0.39, 0.29) is 6.54 Å². The molecule has 1 unspecified atom stereocenters. The predicted octanol–water partition coefficient (Wildman–Crippen LogP) is -0.711. The Morgan fingerprint density at radius 3 is 2.29 bits per heavy atom. The number of primary amides is 1. The zero-order chi connectivity index (χ0) is 11.4. The maximum atomic E-state index is 12.2. The fourth-order valence-corrected chi connectivity index (χ4v) is 0.572. The lowest BCUT2D eigenvalue weighted by molar-refractivity contribution is -0.126. The predicted molar refractivity (Wildman–Crippen MR) is 41.0 cm³/mol. The van der Waals surface area contributed by atoms with Gasteiger partial charge in [0, 0.05) is 6.54 Å². The molecule has 0 rings (SSSR count). The summed E-state index contributed by atoms with van der Waals surface area (Å²) in [5.41, 5.74) is 9.76. The minimum Gasteiger partial charge on any atom is -0.368 e. The van der Waals surface area contributed by atoms with E-state index in [0.717, 1.165) is 0 Å². The van der Waals surface area contributed by atoms with E-state index in [1.807, 2.05) is 5.32 Å². The topological polar surface area (TPSA) is 81.1 Å². The maximum absolute atomic E-state index is 12.2. The minimum atomic E-state index is -4.13. The Balaban J connectivity index is 3.79. The first-order valence-corrected chi connectivity index (χ1v) is 3.69. The summed E-state index contributed by atoms with van der Waals surface area (Å²) in [6.45, 7) is -1.61.